The lowest BCUT2D eigenvalue weighted by atomic mass is 10.1. The molecular weight excluding hydrogens is 292 g/mol. The summed E-state index contributed by atoms with van der Waals surface area (Å²) in [5.74, 6) is 4.04. The Labute approximate surface area is 128 Å². The smallest absolute Gasteiger partial charge is 0.161 e. The molecule has 0 bridgehead atoms. The second-order valence-electron chi connectivity index (χ2n) is 5.03. The molecule has 2 saturated heterocycles. The van der Waals surface area contributed by atoms with Gasteiger partial charge in [0, 0.05) is 6.42 Å². The van der Waals surface area contributed by atoms with Gasteiger partial charge >= 0.3 is 0 Å². The number of methoxy groups -OCH3 is 2. The van der Waals surface area contributed by atoms with Gasteiger partial charge < -0.3 is 14.2 Å². The van der Waals surface area contributed by atoms with Crippen molar-refractivity contribution >= 4 is 23.5 Å². The molecule has 3 nitrogen and oxygen atoms in total. The van der Waals surface area contributed by atoms with E-state index in [4.69, 9.17) is 14.2 Å². The molecule has 0 N–H and O–H groups in total. The molecule has 0 aromatic heterocycles. The van der Waals surface area contributed by atoms with Crippen LogP contribution in [-0.2, 0) is 8.82 Å². The first-order valence-corrected chi connectivity index (χ1v) is 8.86. The van der Waals surface area contributed by atoms with Gasteiger partial charge in [0.1, 0.15) is 0 Å². The van der Waals surface area contributed by atoms with Crippen molar-refractivity contribution in [3.8, 4) is 11.5 Å². The van der Waals surface area contributed by atoms with E-state index in [0.717, 1.165) is 24.5 Å². The van der Waals surface area contributed by atoms with E-state index in [-0.39, 0.29) is 4.08 Å². The Kier molecular flexibility index (Phi) is 4.38. The van der Waals surface area contributed by atoms with E-state index in [1.807, 2.05) is 6.07 Å². The van der Waals surface area contributed by atoms with Crippen LogP contribution in [0.2, 0.25) is 0 Å². The third kappa shape index (κ3) is 2.90. The summed E-state index contributed by atoms with van der Waals surface area (Å²) >= 11 is 4.10. The van der Waals surface area contributed by atoms with Crippen molar-refractivity contribution in [2.75, 3.05) is 32.3 Å². The van der Waals surface area contributed by atoms with Gasteiger partial charge in [-0.2, -0.15) is 0 Å². The minimum atomic E-state index is 0.110. The zero-order chi connectivity index (χ0) is 14.0. The van der Waals surface area contributed by atoms with E-state index in [1.165, 1.54) is 23.5 Å². The molecule has 1 aromatic rings. The molecule has 2 aliphatic rings. The summed E-state index contributed by atoms with van der Waals surface area (Å²) in [6.07, 6.45) is 2.80. The topological polar surface area (TPSA) is 31.0 Å². The lowest BCUT2D eigenvalue weighted by molar-refractivity contribution is 0.354. The molecule has 0 radical (unpaired) electrons. The van der Waals surface area contributed by atoms with Crippen LogP contribution in [-0.4, -0.2) is 38.4 Å². The average molecular weight is 312 g/mol. The summed E-state index contributed by atoms with van der Waals surface area (Å²) in [4.78, 5) is 0. The Morgan fingerprint density at radius 1 is 1.20 bits per heavy atom. The molecule has 2 fully saturated rings. The normalized spacial score (nSPS) is 24.2. The molecule has 0 saturated carbocycles. The van der Waals surface area contributed by atoms with Crippen LogP contribution in [0.25, 0.3) is 0 Å². The predicted octanol–water partition coefficient (Wildman–Crippen LogP) is 3.52. The number of epoxide rings is 1. The van der Waals surface area contributed by atoms with Crippen LogP contribution in [0.3, 0.4) is 0 Å². The van der Waals surface area contributed by atoms with Crippen molar-refractivity contribution in [1.29, 1.82) is 0 Å². The number of rotatable bonds is 5. The largest absolute Gasteiger partial charge is 0.493 e. The number of hydrogen-bond acceptors (Lipinski definition) is 5. The molecule has 0 amide bonds. The van der Waals surface area contributed by atoms with Crippen LogP contribution in [0.5, 0.6) is 11.5 Å². The molecule has 1 unspecified atom stereocenters. The van der Waals surface area contributed by atoms with Crippen LogP contribution >= 0.6 is 23.5 Å². The van der Waals surface area contributed by atoms with Gasteiger partial charge in [-0.15, -0.1) is 23.5 Å². The zero-order valence-corrected chi connectivity index (χ0v) is 13.5. The fraction of sp³-hybridized carbons (Fsp3) is 0.600. The van der Waals surface area contributed by atoms with Crippen molar-refractivity contribution in [3.05, 3.63) is 23.8 Å². The molecule has 5 heteroatoms. The molecule has 20 heavy (non-hydrogen) atoms. The second kappa shape index (κ2) is 6.08. The van der Waals surface area contributed by atoms with E-state index >= 15 is 0 Å². The fourth-order valence-electron chi connectivity index (χ4n) is 2.54. The SMILES string of the molecule is COc1ccc(C2(CC3CO3)SCCCS2)cc1OC. The maximum absolute atomic E-state index is 5.48. The molecule has 2 heterocycles. The Morgan fingerprint density at radius 2 is 1.90 bits per heavy atom. The van der Waals surface area contributed by atoms with Crippen molar-refractivity contribution < 1.29 is 14.2 Å². The summed E-state index contributed by atoms with van der Waals surface area (Å²) in [6.45, 7) is 0.913. The Hall–Kier alpha value is -0.520. The van der Waals surface area contributed by atoms with Gasteiger partial charge in [0.15, 0.2) is 11.5 Å². The standard InChI is InChI=1S/C15H20O3S2/c1-16-13-5-4-11(8-14(13)17-2)15(9-12-10-18-12)19-6-3-7-20-15/h4-5,8,12H,3,6-7,9-10H2,1-2H3. The molecule has 2 aliphatic heterocycles. The highest BCUT2D eigenvalue weighted by molar-refractivity contribution is 8.18. The van der Waals surface area contributed by atoms with Crippen LogP contribution in [0.15, 0.2) is 18.2 Å². The quantitative estimate of drug-likeness (QED) is 0.777. The number of thioether (sulfide) groups is 2. The first-order valence-electron chi connectivity index (χ1n) is 6.89. The second-order valence-corrected chi connectivity index (χ2v) is 8.08. The zero-order valence-electron chi connectivity index (χ0n) is 11.9. The van der Waals surface area contributed by atoms with Crippen molar-refractivity contribution in [2.45, 2.75) is 23.0 Å². The van der Waals surface area contributed by atoms with Crippen LogP contribution in [0.4, 0.5) is 0 Å². The summed E-state index contributed by atoms with van der Waals surface area (Å²) in [5, 5.41) is 0. The third-order valence-electron chi connectivity index (χ3n) is 3.68. The first-order chi connectivity index (χ1) is 9.77. The lowest BCUT2D eigenvalue weighted by Gasteiger charge is -2.36. The molecule has 0 aliphatic carbocycles. The summed E-state index contributed by atoms with van der Waals surface area (Å²) in [7, 11) is 3.37. The van der Waals surface area contributed by atoms with Gasteiger partial charge in [-0.3, -0.25) is 0 Å². The average Bonchev–Trinajstić information content (AvgIpc) is 3.31. The van der Waals surface area contributed by atoms with E-state index in [2.05, 4.69) is 35.7 Å². The summed E-state index contributed by atoms with van der Waals surface area (Å²) < 4.78 is 16.4. The molecule has 0 spiro atoms. The minimum Gasteiger partial charge on any atom is -0.493 e. The Balaban J connectivity index is 1.93. The van der Waals surface area contributed by atoms with Crippen LogP contribution in [0.1, 0.15) is 18.4 Å². The van der Waals surface area contributed by atoms with Gasteiger partial charge in [-0.25, -0.2) is 0 Å². The van der Waals surface area contributed by atoms with Gasteiger partial charge in [0.25, 0.3) is 0 Å². The lowest BCUT2D eigenvalue weighted by Crippen LogP contribution is -2.25. The molecular formula is C15H20O3S2. The Morgan fingerprint density at radius 3 is 2.50 bits per heavy atom. The summed E-state index contributed by atoms with van der Waals surface area (Å²) in [5.41, 5.74) is 1.32. The highest BCUT2D eigenvalue weighted by Crippen LogP contribution is 2.55. The molecule has 110 valence electrons. The Bertz CT molecular complexity index is 468. The fourth-order valence-corrected chi connectivity index (χ4v) is 5.98. The van der Waals surface area contributed by atoms with Gasteiger partial charge in [-0.1, -0.05) is 6.07 Å². The monoisotopic (exact) mass is 312 g/mol. The van der Waals surface area contributed by atoms with Crippen molar-refractivity contribution in [2.24, 2.45) is 0 Å². The first kappa shape index (κ1) is 14.4. The van der Waals surface area contributed by atoms with Gasteiger partial charge in [0.2, 0.25) is 0 Å². The van der Waals surface area contributed by atoms with Gasteiger partial charge in [-0.05, 0) is 35.6 Å². The number of ether oxygens (including phenoxy) is 3. The van der Waals surface area contributed by atoms with Crippen molar-refractivity contribution in [1.82, 2.24) is 0 Å². The highest BCUT2D eigenvalue weighted by Gasteiger charge is 2.42. The predicted molar refractivity (Wildman–Crippen MR) is 85.1 cm³/mol. The molecule has 1 atom stereocenters. The molecule has 3 rings (SSSR count). The maximum Gasteiger partial charge on any atom is 0.161 e. The van der Waals surface area contributed by atoms with Crippen LogP contribution in [0, 0.1) is 0 Å². The van der Waals surface area contributed by atoms with Crippen LogP contribution < -0.4 is 9.47 Å². The van der Waals surface area contributed by atoms with E-state index in [1.54, 1.807) is 14.2 Å². The summed E-state index contributed by atoms with van der Waals surface area (Å²) in [6, 6.07) is 6.32. The number of benzene rings is 1. The molecule has 1 aromatic carbocycles. The van der Waals surface area contributed by atoms with Crippen molar-refractivity contribution in [3.63, 3.8) is 0 Å². The van der Waals surface area contributed by atoms with Gasteiger partial charge in [0.05, 0.1) is 31.0 Å². The third-order valence-corrected chi connectivity index (χ3v) is 7.11. The highest BCUT2D eigenvalue weighted by atomic mass is 32.2. The van der Waals surface area contributed by atoms with E-state index in [9.17, 15) is 0 Å². The van der Waals surface area contributed by atoms with E-state index in [0.29, 0.717) is 6.10 Å². The van der Waals surface area contributed by atoms with E-state index < -0.39 is 0 Å². The number of hydrogen-bond donors (Lipinski definition) is 0. The minimum absolute atomic E-state index is 0.110. The maximum atomic E-state index is 5.48.